The van der Waals surface area contributed by atoms with Crippen molar-refractivity contribution in [1.82, 2.24) is 0 Å². The van der Waals surface area contributed by atoms with Gasteiger partial charge in [-0.3, -0.25) is 4.79 Å². The van der Waals surface area contributed by atoms with E-state index in [4.69, 9.17) is 15.7 Å². The van der Waals surface area contributed by atoms with E-state index in [0.717, 1.165) is 0 Å². The van der Waals surface area contributed by atoms with Gasteiger partial charge in [-0.25, -0.2) is 0 Å². The summed E-state index contributed by atoms with van der Waals surface area (Å²) in [4.78, 5) is 13.5. The van der Waals surface area contributed by atoms with E-state index < -0.39 is 0 Å². The van der Waals surface area contributed by atoms with Crippen LogP contribution in [0.4, 0.5) is 5.69 Å². The summed E-state index contributed by atoms with van der Waals surface area (Å²) in [5.74, 6) is 0.234. The highest BCUT2D eigenvalue weighted by atomic mass is 16.5. The maximum Gasteiger partial charge on any atom is 0.234 e. The molecule has 0 aliphatic rings. The molecule has 6 nitrogen and oxygen atoms in total. The van der Waals surface area contributed by atoms with Gasteiger partial charge >= 0.3 is 0 Å². The Morgan fingerprint density at radius 1 is 1.50 bits per heavy atom. The number of hydrogen-bond acceptors (Lipinski definition) is 4. The molecule has 1 rings (SSSR count). The SMILES string of the molecule is CCN(C(=O)CC(N)=NO)c1ccccc1OC. The number of amidine groups is 1. The lowest BCUT2D eigenvalue weighted by Crippen LogP contribution is -2.34. The first kappa shape index (κ1) is 13.8. The number of oxime groups is 1. The lowest BCUT2D eigenvalue weighted by atomic mass is 10.2. The summed E-state index contributed by atoms with van der Waals surface area (Å²) >= 11 is 0. The van der Waals surface area contributed by atoms with E-state index in [0.29, 0.717) is 18.0 Å². The summed E-state index contributed by atoms with van der Waals surface area (Å²) in [5.41, 5.74) is 6.00. The molecule has 98 valence electrons. The molecule has 3 N–H and O–H groups in total. The summed E-state index contributed by atoms with van der Waals surface area (Å²) in [5, 5.41) is 11.3. The average Bonchev–Trinajstić information content (AvgIpc) is 2.40. The number of carbonyl (C=O) groups excluding carboxylic acids is 1. The minimum Gasteiger partial charge on any atom is -0.495 e. The van der Waals surface area contributed by atoms with Crippen molar-refractivity contribution >= 4 is 17.4 Å². The van der Waals surface area contributed by atoms with Gasteiger partial charge in [0.1, 0.15) is 11.6 Å². The number of nitrogens with zero attached hydrogens (tertiary/aromatic N) is 2. The van der Waals surface area contributed by atoms with Crippen molar-refractivity contribution in [3.05, 3.63) is 24.3 Å². The second kappa shape index (κ2) is 6.48. The van der Waals surface area contributed by atoms with Gasteiger partial charge in [-0.1, -0.05) is 17.3 Å². The first-order valence-electron chi connectivity index (χ1n) is 5.53. The highest BCUT2D eigenvalue weighted by Gasteiger charge is 2.18. The van der Waals surface area contributed by atoms with E-state index in [2.05, 4.69) is 5.16 Å². The standard InChI is InChI=1S/C12H17N3O3/c1-3-15(12(16)8-11(13)14-17)9-6-4-5-7-10(9)18-2/h4-7,17H,3,8H2,1-2H3,(H2,13,14). The molecule has 6 heteroatoms. The second-order valence-corrected chi connectivity index (χ2v) is 3.58. The van der Waals surface area contributed by atoms with Gasteiger partial charge in [0, 0.05) is 6.54 Å². The minimum atomic E-state index is -0.252. The van der Waals surface area contributed by atoms with Crippen LogP contribution < -0.4 is 15.4 Å². The molecule has 18 heavy (non-hydrogen) atoms. The van der Waals surface area contributed by atoms with Crippen LogP contribution in [0.3, 0.4) is 0 Å². The van der Waals surface area contributed by atoms with E-state index >= 15 is 0 Å². The van der Waals surface area contributed by atoms with Crippen LogP contribution in [0.2, 0.25) is 0 Å². The third kappa shape index (κ3) is 3.13. The molecule has 0 spiro atoms. The zero-order valence-electron chi connectivity index (χ0n) is 10.5. The van der Waals surface area contributed by atoms with Crippen molar-refractivity contribution < 1.29 is 14.7 Å². The van der Waals surface area contributed by atoms with E-state index in [1.807, 2.05) is 19.1 Å². The van der Waals surface area contributed by atoms with Gasteiger partial charge in [-0.05, 0) is 19.1 Å². The second-order valence-electron chi connectivity index (χ2n) is 3.58. The topological polar surface area (TPSA) is 88.2 Å². The number of ether oxygens (including phenoxy) is 1. The molecule has 0 aromatic heterocycles. The number of anilines is 1. The Kier molecular flexibility index (Phi) is 4.98. The Hall–Kier alpha value is -2.24. The molecule has 0 unspecified atom stereocenters. The van der Waals surface area contributed by atoms with Gasteiger partial charge in [-0.15, -0.1) is 0 Å². The highest BCUT2D eigenvalue weighted by molar-refractivity contribution is 6.06. The molecule has 0 atom stereocenters. The third-order valence-electron chi connectivity index (χ3n) is 2.45. The van der Waals surface area contributed by atoms with Crippen molar-refractivity contribution in [3.8, 4) is 5.75 Å². The highest BCUT2D eigenvalue weighted by Crippen LogP contribution is 2.27. The molecule has 1 amide bonds. The van der Waals surface area contributed by atoms with Crippen molar-refractivity contribution in [1.29, 1.82) is 0 Å². The number of nitrogens with two attached hydrogens (primary N) is 1. The molecule has 0 radical (unpaired) electrons. The van der Waals surface area contributed by atoms with E-state index in [1.54, 1.807) is 19.2 Å². The predicted molar refractivity (Wildman–Crippen MR) is 69.0 cm³/mol. The van der Waals surface area contributed by atoms with Crippen LogP contribution in [0.15, 0.2) is 29.4 Å². The molecular formula is C12H17N3O3. The number of benzene rings is 1. The van der Waals surface area contributed by atoms with Gasteiger partial charge in [-0.2, -0.15) is 0 Å². The molecule has 1 aromatic carbocycles. The van der Waals surface area contributed by atoms with E-state index in [9.17, 15) is 4.79 Å². The van der Waals surface area contributed by atoms with E-state index in [-0.39, 0.29) is 18.2 Å². The van der Waals surface area contributed by atoms with Crippen LogP contribution in [0.1, 0.15) is 13.3 Å². The number of amides is 1. The maximum absolute atomic E-state index is 12.0. The summed E-state index contributed by atoms with van der Waals surface area (Å²) < 4.78 is 5.20. The van der Waals surface area contributed by atoms with Gasteiger partial charge < -0.3 is 20.6 Å². The summed E-state index contributed by atoms with van der Waals surface area (Å²) in [6.45, 7) is 2.31. The van der Waals surface area contributed by atoms with Crippen LogP contribution in [0.5, 0.6) is 5.75 Å². The summed E-state index contributed by atoms with van der Waals surface area (Å²) in [7, 11) is 1.54. The fraction of sp³-hybridized carbons (Fsp3) is 0.333. The number of hydrogen-bond donors (Lipinski definition) is 2. The molecule has 0 saturated heterocycles. The molecule has 0 aliphatic carbocycles. The zero-order chi connectivity index (χ0) is 13.5. The van der Waals surface area contributed by atoms with Crippen molar-refractivity contribution in [3.63, 3.8) is 0 Å². The van der Waals surface area contributed by atoms with Crippen LogP contribution in [0, 0.1) is 0 Å². The number of carbonyl (C=O) groups is 1. The van der Waals surface area contributed by atoms with Crippen LogP contribution in [-0.2, 0) is 4.79 Å². The Labute approximate surface area is 106 Å². The molecule has 0 saturated carbocycles. The summed E-state index contributed by atoms with van der Waals surface area (Å²) in [6, 6.07) is 7.20. The van der Waals surface area contributed by atoms with Crippen molar-refractivity contribution in [2.45, 2.75) is 13.3 Å². The number of para-hydroxylation sites is 2. The first-order chi connectivity index (χ1) is 8.63. The van der Waals surface area contributed by atoms with Gasteiger partial charge in [0.05, 0.1) is 19.2 Å². The van der Waals surface area contributed by atoms with Crippen molar-refractivity contribution in [2.75, 3.05) is 18.6 Å². The molecule has 0 bridgehead atoms. The average molecular weight is 251 g/mol. The maximum atomic E-state index is 12.0. The van der Waals surface area contributed by atoms with Crippen LogP contribution in [0.25, 0.3) is 0 Å². The Morgan fingerprint density at radius 2 is 2.17 bits per heavy atom. The monoisotopic (exact) mass is 251 g/mol. The Balaban J connectivity index is 2.98. The van der Waals surface area contributed by atoms with Crippen LogP contribution in [-0.4, -0.2) is 30.6 Å². The normalized spacial score (nSPS) is 11.1. The Bertz CT molecular complexity index is 446. The molecule has 0 heterocycles. The minimum absolute atomic E-state index is 0.117. The first-order valence-corrected chi connectivity index (χ1v) is 5.53. The molecule has 0 aliphatic heterocycles. The van der Waals surface area contributed by atoms with Gasteiger partial charge in [0.2, 0.25) is 5.91 Å². The van der Waals surface area contributed by atoms with Gasteiger partial charge in [0.15, 0.2) is 0 Å². The molecule has 1 aromatic rings. The van der Waals surface area contributed by atoms with Crippen molar-refractivity contribution in [2.24, 2.45) is 10.9 Å². The third-order valence-corrected chi connectivity index (χ3v) is 2.45. The number of methoxy groups -OCH3 is 1. The smallest absolute Gasteiger partial charge is 0.234 e. The lowest BCUT2D eigenvalue weighted by Gasteiger charge is -2.22. The molecule has 0 fully saturated rings. The van der Waals surface area contributed by atoms with E-state index in [1.165, 1.54) is 4.90 Å². The summed E-state index contributed by atoms with van der Waals surface area (Å²) in [6.07, 6.45) is -0.137. The fourth-order valence-corrected chi connectivity index (χ4v) is 1.62. The molecular weight excluding hydrogens is 234 g/mol. The fourth-order valence-electron chi connectivity index (χ4n) is 1.62. The quantitative estimate of drug-likeness (QED) is 0.356. The van der Waals surface area contributed by atoms with Crippen LogP contribution >= 0.6 is 0 Å². The zero-order valence-corrected chi connectivity index (χ0v) is 10.5. The van der Waals surface area contributed by atoms with Gasteiger partial charge in [0.25, 0.3) is 0 Å². The number of rotatable bonds is 5. The Morgan fingerprint density at radius 3 is 2.72 bits per heavy atom. The predicted octanol–water partition coefficient (Wildman–Crippen LogP) is 1.18. The largest absolute Gasteiger partial charge is 0.495 e. The lowest BCUT2D eigenvalue weighted by molar-refractivity contribution is -0.117.